The van der Waals surface area contributed by atoms with Gasteiger partial charge in [0.2, 0.25) is 5.91 Å². The van der Waals surface area contributed by atoms with Crippen molar-refractivity contribution < 1.29 is 9.18 Å². The molecule has 0 unspecified atom stereocenters. The summed E-state index contributed by atoms with van der Waals surface area (Å²) in [5.41, 5.74) is 4.22. The average Bonchev–Trinajstić information content (AvgIpc) is 2.82. The van der Waals surface area contributed by atoms with Gasteiger partial charge in [0, 0.05) is 30.5 Å². The third-order valence-electron chi connectivity index (χ3n) is 5.11. The number of halogens is 1. The maximum atomic E-state index is 14.2. The summed E-state index contributed by atoms with van der Waals surface area (Å²) < 4.78 is 14.2. The van der Waals surface area contributed by atoms with E-state index >= 15 is 0 Å². The smallest absolute Gasteiger partial charge is 0.219 e. The first-order valence-corrected chi connectivity index (χ1v) is 10.2. The summed E-state index contributed by atoms with van der Waals surface area (Å²) in [4.78, 5) is 20.3. The lowest BCUT2D eigenvalue weighted by molar-refractivity contribution is -0.120. The van der Waals surface area contributed by atoms with Gasteiger partial charge in [-0.3, -0.25) is 4.79 Å². The van der Waals surface area contributed by atoms with Crippen molar-refractivity contribution in [3.63, 3.8) is 0 Å². The molecule has 0 radical (unpaired) electrons. The van der Waals surface area contributed by atoms with Crippen LogP contribution in [0.4, 0.5) is 10.2 Å². The molecule has 0 aliphatic rings. The van der Waals surface area contributed by atoms with E-state index in [-0.39, 0.29) is 18.3 Å². The molecule has 2 N–H and O–H groups in total. The summed E-state index contributed by atoms with van der Waals surface area (Å²) in [7, 11) is 0. The van der Waals surface area contributed by atoms with Gasteiger partial charge in [-0.25, -0.2) is 14.4 Å². The number of hydrogen-bond acceptors (Lipinski definition) is 4. The van der Waals surface area contributed by atoms with Crippen LogP contribution in [-0.4, -0.2) is 15.9 Å². The van der Waals surface area contributed by atoms with Gasteiger partial charge < -0.3 is 10.6 Å². The van der Waals surface area contributed by atoms with Gasteiger partial charge in [-0.2, -0.15) is 0 Å². The van der Waals surface area contributed by atoms with Gasteiger partial charge in [0.1, 0.15) is 18.0 Å². The van der Waals surface area contributed by atoms with Crippen LogP contribution in [-0.2, 0) is 17.9 Å². The Morgan fingerprint density at radius 2 is 1.71 bits per heavy atom. The van der Waals surface area contributed by atoms with E-state index in [1.165, 1.54) is 6.07 Å². The van der Waals surface area contributed by atoms with Gasteiger partial charge >= 0.3 is 0 Å². The van der Waals surface area contributed by atoms with Gasteiger partial charge in [-0.15, -0.1) is 0 Å². The molecule has 31 heavy (non-hydrogen) atoms. The van der Waals surface area contributed by atoms with Crippen LogP contribution in [0.25, 0.3) is 22.0 Å². The summed E-state index contributed by atoms with van der Waals surface area (Å²) in [5.74, 6) is 0.296. The van der Waals surface area contributed by atoms with Gasteiger partial charge in [-0.05, 0) is 41.0 Å². The Kier molecular flexibility index (Phi) is 6.17. The quantitative estimate of drug-likeness (QED) is 0.443. The molecule has 0 aliphatic heterocycles. The van der Waals surface area contributed by atoms with E-state index in [0.717, 1.165) is 33.4 Å². The number of carbonyl (C=O) groups is 1. The molecule has 6 heteroatoms. The van der Waals surface area contributed by atoms with Crippen LogP contribution in [0.15, 0.2) is 73.1 Å². The molecule has 0 aliphatic carbocycles. The van der Waals surface area contributed by atoms with Crippen molar-refractivity contribution in [1.82, 2.24) is 15.3 Å². The molecule has 0 fully saturated rings. The molecule has 0 bridgehead atoms. The predicted octanol–water partition coefficient (Wildman–Crippen LogP) is 5.07. The molecule has 3 aromatic carbocycles. The van der Waals surface area contributed by atoms with Crippen LogP contribution >= 0.6 is 0 Å². The predicted molar refractivity (Wildman–Crippen MR) is 121 cm³/mol. The van der Waals surface area contributed by atoms with Crippen LogP contribution in [0.1, 0.15) is 24.5 Å². The molecule has 0 atom stereocenters. The molecular weight excluding hydrogens is 391 g/mol. The highest BCUT2D eigenvalue weighted by molar-refractivity contribution is 5.92. The van der Waals surface area contributed by atoms with Crippen molar-refractivity contribution >= 4 is 22.6 Å². The van der Waals surface area contributed by atoms with Gasteiger partial charge in [-0.1, -0.05) is 49.4 Å². The number of amides is 1. The van der Waals surface area contributed by atoms with E-state index in [1.807, 2.05) is 36.4 Å². The van der Waals surface area contributed by atoms with E-state index < -0.39 is 0 Å². The molecule has 0 saturated heterocycles. The first-order valence-electron chi connectivity index (χ1n) is 10.2. The first kappa shape index (κ1) is 20.5. The van der Waals surface area contributed by atoms with Crippen LogP contribution in [0.3, 0.4) is 0 Å². The van der Waals surface area contributed by atoms with Crippen molar-refractivity contribution in [3.8, 4) is 11.1 Å². The minimum absolute atomic E-state index is 0.109. The number of rotatable bonds is 7. The summed E-state index contributed by atoms with van der Waals surface area (Å²) in [5, 5.41) is 7.00. The highest BCUT2D eigenvalue weighted by Crippen LogP contribution is 2.28. The Labute approximate surface area is 180 Å². The van der Waals surface area contributed by atoms with Crippen molar-refractivity contribution in [2.24, 2.45) is 0 Å². The minimum atomic E-state index is -0.338. The van der Waals surface area contributed by atoms with Crippen LogP contribution in [0.5, 0.6) is 0 Å². The highest BCUT2D eigenvalue weighted by atomic mass is 19.1. The molecule has 156 valence electrons. The Morgan fingerprint density at radius 1 is 0.935 bits per heavy atom. The van der Waals surface area contributed by atoms with Crippen LogP contribution in [0.2, 0.25) is 0 Å². The number of anilines is 1. The SMILES string of the molecule is CCC(=O)NCc1cc(-c2ccc3ncnc(NCc4ccccc4)c3c2)ccc1F. The van der Waals surface area contributed by atoms with Crippen LogP contribution in [0, 0.1) is 5.82 Å². The molecule has 4 rings (SSSR count). The second-order valence-electron chi connectivity index (χ2n) is 7.23. The topological polar surface area (TPSA) is 66.9 Å². The fraction of sp³-hybridized carbons (Fsp3) is 0.160. The number of hydrogen-bond donors (Lipinski definition) is 2. The summed E-state index contributed by atoms with van der Waals surface area (Å²) in [6, 6.07) is 20.9. The van der Waals surface area contributed by atoms with Crippen molar-refractivity contribution in [3.05, 3.63) is 90.0 Å². The normalized spacial score (nSPS) is 10.8. The molecule has 1 aromatic heterocycles. The fourth-order valence-electron chi connectivity index (χ4n) is 3.37. The van der Waals surface area contributed by atoms with E-state index in [0.29, 0.717) is 18.5 Å². The molecule has 0 saturated carbocycles. The Bertz CT molecular complexity index is 1210. The van der Waals surface area contributed by atoms with Crippen molar-refractivity contribution in [1.29, 1.82) is 0 Å². The summed E-state index contributed by atoms with van der Waals surface area (Å²) in [6.07, 6.45) is 1.91. The van der Waals surface area contributed by atoms with E-state index in [9.17, 15) is 9.18 Å². The standard InChI is InChI=1S/C25H23FN4O/c1-2-24(31)27-15-20-12-18(8-10-22(20)26)19-9-11-23-21(13-19)25(30-16-29-23)28-14-17-6-4-3-5-7-17/h3-13,16H,2,14-15H2,1H3,(H,27,31)(H,28,29,30). The molecule has 1 heterocycles. The fourth-order valence-corrected chi connectivity index (χ4v) is 3.37. The second kappa shape index (κ2) is 9.34. The largest absolute Gasteiger partial charge is 0.365 e. The monoisotopic (exact) mass is 414 g/mol. The number of carbonyl (C=O) groups excluding carboxylic acids is 1. The van der Waals surface area contributed by atoms with E-state index in [1.54, 1.807) is 25.4 Å². The van der Waals surface area contributed by atoms with E-state index in [4.69, 9.17) is 0 Å². The first-order chi connectivity index (χ1) is 15.1. The van der Waals surface area contributed by atoms with Crippen molar-refractivity contribution in [2.75, 3.05) is 5.32 Å². The molecule has 0 spiro atoms. The second-order valence-corrected chi connectivity index (χ2v) is 7.23. The third-order valence-corrected chi connectivity index (χ3v) is 5.11. The maximum absolute atomic E-state index is 14.2. The number of benzene rings is 3. The number of aromatic nitrogens is 2. The van der Waals surface area contributed by atoms with Crippen molar-refractivity contribution in [2.45, 2.75) is 26.4 Å². The van der Waals surface area contributed by atoms with E-state index in [2.05, 4.69) is 32.7 Å². The zero-order valence-corrected chi connectivity index (χ0v) is 17.2. The van der Waals surface area contributed by atoms with Gasteiger partial charge in [0.05, 0.1) is 5.52 Å². The average molecular weight is 414 g/mol. The minimum Gasteiger partial charge on any atom is -0.365 e. The number of nitrogens with one attached hydrogen (secondary N) is 2. The lowest BCUT2D eigenvalue weighted by atomic mass is 10.0. The zero-order chi connectivity index (χ0) is 21.6. The Morgan fingerprint density at radius 3 is 2.52 bits per heavy atom. The summed E-state index contributed by atoms with van der Waals surface area (Å²) >= 11 is 0. The van der Waals surface area contributed by atoms with Crippen LogP contribution < -0.4 is 10.6 Å². The zero-order valence-electron chi connectivity index (χ0n) is 17.2. The molecule has 5 nitrogen and oxygen atoms in total. The summed E-state index contributed by atoms with van der Waals surface area (Å²) in [6.45, 7) is 2.57. The molecular formula is C25H23FN4O. The highest BCUT2D eigenvalue weighted by Gasteiger charge is 2.10. The lowest BCUT2D eigenvalue weighted by Crippen LogP contribution is -2.22. The molecule has 4 aromatic rings. The lowest BCUT2D eigenvalue weighted by Gasteiger charge is -2.11. The Balaban J connectivity index is 1.63. The number of nitrogens with zero attached hydrogens (tertiary/aromatic N) is 2. The molecule has 1 amide bonds. The van der Waals surface area contributed by atoms with Gasteiger partial charge in [0.15, 0.2) is 0 Å². The number of fused-ring (bicyclic) bond motifs is 1. The van der Waals surface area contributed by atoms with Gasteiger partial charge in [0.25, 0.3) is 0 Å². The maximum Gasteiger partial charge on any atom is 0.219 e. The Hall–Kier alpha value is -3.80. The third kappa shape index (κ3) is 4.86.